The molecule has 1 saturated heterocycles. The average molecular weight is 232 g/mol. The van der Waals surface area contributed by atoms with E-state index in [0.717, 1.165) is 32.7 Å². The van der Waals surface area contributed by atoms with Gasteiger partial charge >= 0.3 is 0 Å². The summed E-state index contributed by atoms with van der Waals surface area (Å²) in [6, 6.07) is -0.0501. The average Bonchev–Trinajstić information content (AvgIpc) is 2.19. The van der Waals surface area contributed by atoms with Gasteiger partial charge in [-0.3, -0.25) is 4.90 Å². The van der Waals surface area contributed by atoms with Crippen molar-refractivity contribution in [2.24, 2.45) is 5.73 Å². The number of piperazine rings is 1. The third-order valence-electron chi connectivity index (χ3n) is 2.64. The van der Waals surface area contributed by atoms with Gasteiger partial charge in [0.1, 0.15) is 0 Å². The minimum atomic E-state index is -0.0501. The van der Waals surface area contributed by atoms with Gasteiger partial charge < -0.3 is 21.1 Å². The van der Waals surface area contributed by atoms with Gasteiger partial charge in [0.2, 0.25) is 0 Å². The zero-order valence-corrected chi connectivity index (χ0v) is 9.96. The maximum absolute atomic E-state index is 9.14. The molecule has 5 nitrogen and oxygen atoms in total. The minimum absolute atomic E-state index is 0.0501. The van der Waals surface area contributed by atoms with Crippen molar-refractivity contribution in [3.63, 3.8) is 0 Å². The lowest BCUT2D eigenvalue weighted by Crippen LogP contribution is -2.52. The van der Waals surface area contributed by atoms with E-state index in [1.807, 2.05) is 0 Å². The zero-order valence-electron chi connectivity index (χ0n) is 9.15. The van der Waals surface area contributed by atoms with Gasteiger partial charge in [-0.1, -0.05) is 0 Å². The molecule has 88 valence electrons. The van der Waals surface area contributed by atoms with Crippen LogP contribution in [0.5, 0.6) is 0 Å². The summed E-state index contributed by atoms with van der Waals surface area (Å²) < 4.78 is 0. The number of hydrogen-bond donors (Lipinski definition) is 3. The molecule has 0 aromatic carbocycles. The van der Waals surface area contributed by atoms with E-state index >= 15 is 0 Å². The van der Waals surface area contributed by atoms with Crippen molar-refractivity contribution in [3.05, 3.63) is 0 Å². The van der Waals surface area contributed by atoms with Crippen LogP contribution in [-0.4, -0.2) is 72.4 Å². The highest BCUT2D eigenvalue weighted by Gasteiger charge is 2.17. The molecule has 1 unspecified atom stereocenters. The molecule has 1 heterocycles. The van der Waals surface area contributed by atoms with Crippen molar-refractivity contribution >= 4 is 17.3 Å². The van der Waals surface area contributed by atoms with Crippen molar-refractivity contribution in [2.45, 2.75) is 6.04 Å². The van der Waals surface area contributed by atoms with Crippen LogP contribution in [0, 0.1) is 0 Å². The first-order chi connectivity index (χ1) is 7.11. The lowest BCUT2D eigenvalue weighted by molar-refractivity contribution is 0.129. The predicted octanol–water partition coefficient (Wildman–Crippen LogP) is -1.57. The fourth-order valence-corrected chi connectivity index (χ4v) is 1.86. The third kappa shape index (κ3) is 4.74. The van der Waals surface area contributed by atoms with Crippen LogP contribution >= 0.6 is 12.2 Å². The van der Waals surface area contributed by atoms with Gasteiger partial charge in [-0.05, 0) is 19.3 Å². The summed E-state index contributed by atoms with van der Waals surface area (Å²) in [6.45, 7) is 5.07. The number of likely N-dealkylation sites (N-methyl/N-ethyl adjacent to an activating group) is 1. The van der Waals surface area contributed by atoms with Gasteiger partial charge in [-0.25, -0.2) is 0 Å². The van der Waals surface area contributed by atoms with E-state index in [-0.39, 0.29) is 17.8 Å². The molecule has 15 heavy (non-hydrogen) atoms. The van der Waals surface area contributed by atoms with Crippen molar-refractivity contribution in [2.75, 3.05) is 46.4 Å². The van der Waals surface area contributed by atoms with Crippen LogP contribution in [-0.2, 0) is 0 Å². The lowest BCUT2D eigenvalue weighted by atomic mass is 10.2. The second-order valence-corrected chi connectivity index (χ2v) is 4.43. The Bertz CT molecular complexity index is 206. The summed E-state index contributed by atoms with van der Waals surface area (Å²) in [4.78, 5) is 4.61. The van der Waals surface area contributed by atoms with Crippen molar-refractivity contribution in [3.8, 4) is 0 Å². The molecule has 0 aromatic rings. The van der Waals surface area contributed by atoms with E-state index in [1.165, 1.54) is 0 Å². The summed E-state index contributed by atoms with van der Waals surface area (Å²) in [5.74, 6) is 0. The van der Waals surface area contributed by atoms with Crippen LogP contribution < -0.4 is 11.1 Å². The van der Waals surface area contributed by atoms with Crippen molar-refractivity contribution < 1.29 is 5.11 Å². The molecule has 0 aliphatic carbocycles. The molecule has 0 radical (unpaired) electrons. The summed E-state index contributed by atoms with van der Waals surface area (Å²) >= 11 is 4.75. The largest absolute Gasteiger partial charge is 0.394 e. The molecule has 1 fully saturated rings. The fourth-order valence-electron chi connectivity index (χ4n) is 1.69. The van der Waals surface area contributed by atoms with Crippen LogP contribution in [0.3, 0.4) is 0 Å². The Labute approximate surface area is 96.2 Å². The van der Waals surface area contributed by atoms with E-state index in [9.17, 15) is 0 Å². The highest BCUT2D eigenvalue weighted by molar-refractivity contribution is 7.80. The normalized spacial score (nSPS) is 21.2. The monoisotopic (exact) mass is 232 g/mol. The maximum Gasteiger partial charge on any atom is 0.163 e. The number of nitrogens with two attached hydrogens (primary N) is 1. The van der Waals surface area contributed by atoms with Crippen molar-refractivity contribution in [1.29, 1.82) is 0 Å². The van der Waals surface area contributed by atoms with E-state index in [0.29, 0.717) is 0 Å². The molecule has 1 aliphatic rings. The summed E-state index contributed by atoms with van der Waals surface area (Å²) in [6.07, 6.45) is 0. The van der Waals surface area contributed by atoms with Gasteiger partial charge in [0.25, 0.3) is 0 Å². The number of nitrogens with zero attached hydrogens (tertiary/aromatic N) is 2. The van der Waals surface area contributed by atoms with Crippen LogP contribution in [0.1, 0.15) is 0 Å². The summed E-state index contributed by atoms with van der Waals surface area (Å²) in [7, 11) is 2.12. The number of aliphatic hydroxyl groups excluding tert-OH is 1. The molecule has 0 saturated carbocycles. The number of rotatable bonds is 4. The second-order valence-electron chi connectivity index (χ2n) is 3.99. The quantitative estimate of drug-likeness (QED) is 0.509. The standard InChI is InChI=1S/C9H20N4OS/c1-12-2-4-13(5-3-12)6-8(7-14)11-9(10)15/h8,14H,2-7H2,1H3,(H3,10,11,15). The lowest BCUT2D eigenvalue weighted by Gasteiger charge is -2.34. The second kappa shape index (κ2) is 6.22. The zero-order chi connectivity index (χ0) is 11.3. The molecular weight excluding hydrogens is 212 g/mol. The van der Waals surface area contributed by atoms with Crippen LogP contribution in [0.2, 0.25) is 0 Å². The Morgan fingerprint density at radius 2 is 2.07 bits per heavy atom. The van der Waals surface area contributed by atoms with E-state index in [2.05, 4.69) is 22.2 Å². The highest BCUT2D eigenvalue weighted by Crippen LogP contribution is 2.00. The molecule has 6 heteroatoms. The van der Waals surface area contributed by atoms with Gasteiger partial charge in [-0.2, -0.15) is 0 Å². The van der Waals surface area contributed by atoms with Crippen LogP contribution in [0.25, 0.3) is 0 Å². The smallest absolute Gasteiger partial charge is 0.163 e. The van der Waals surface area contributed by atoms with Crippen molar-refractivity contribution in [1.82, 2.24) is 15.1 Å². The van der Waals surface area contributed by atoms with Gasteiger partial charge in [-0.15, -0.1) is 0 Å². The highest BCUT2D eigenvalue weighted by atomic mass is 32.1. The third-order valence-corrected chi connectivity index (χ3v) is 2.76. The van der Waals surface area contributed by atoms with Gasteiger partial charge in [0.15, 0.2) is 5.11 Å². The molecule has 0 amide bonds. The molecule has 0 aromatic heterocycles. The van der Waals surface area contributed by atoms with E-state index in [1.54, 1.807) is 0 Å². The number of nitrogens with one attached hydrogen (secondary N) is 1. The first kappa shape index (κ1) is 12.6. The minimum Gasteiger partial charge on any atom is -0.394 e. The Hall–Kier alpha value is -0.430. The SMILES string of the molecule is CN1CCN(CC(CO)NC(N)=S)CC1. The molecule has 1 atom stereocenters. The molecule has 1 aliphatic heterocycles. The Morgan fingerprint density at radius 3 is 2.53 bits per heavy atom. The van der Waals surface area contributed by atoms with E-state index in [4.69, 9.17) is 23.1 Å². The topological polar surface area (TPSA) is 64.8 Å². The predicted molar refractivity (Wildman–Crippen MR) is 64.7 cm³/mol. The fraction of sp³-hybridized carbons (Fsp3) is 0.889. The number of hydrogen-bond acceptors (Lipinski definition) is 4. The number of thiocarbonyl (C=S) groups is 1. The first-order valence-corrected chi connectivity index (χ1v) is 5.60. The Kier molecular flexibility index (Phi) is 5.24. The van der Waals surface area contributed by atoms with Gasteiger partial charge in [0, 0.05) is 32.7 Å². The molecule has 0 bridgehead atoms. The maximum atomic E-state index is 9.14. The summed E-state index contributed by atoms with van der Waals surface area (Å²) in [5, 5.41) is 12.3. The van der Waals surface area contributed by atoms with Crippen LogP contribution in [0.4, 0.5) is 0 Å². The van der Waals surface area contributed by atoms with Gasteiger partial charge in [0.05, 0.1) is 12.6 Å². The Morgan fingerprint density at radius 1 is 1.47 bits per heavy atom. The number of aliphatic hydroxyl groups is 1. The molecule has 4 N–H and O–H groups in total. The molecular formula is C9H20N4OS. The van der Waals surface area contributed by atoms with Crippen LogP contribution in [0.15, 0.2) is 0 Å². The molecule has 0 spiro atoms. The Balaban J connectivity index is 2.28. The molecule has 1 rings (SSSR count). The van der Waals surface area contributed by atoms with E-state index < -0.39 is 0 Å². The first-order valence-electron chi connectivity index (χ1n) is 5.19. The summed E-state index contributed by atoms with van der Waals surface area (Å²) in [5.41, 5.74) is 5.38.